The van der Waals surface area contributed by atoms with Gasteiger partial charge in [-0.3, -0.25) is 4.79 Å². The Kier molecular flexibility index (Phi) is 2.66. The maximum Gasteiger partial charge on any atom is 0.152 e. The molecule has 1 aliphatic carbocycles. The third-order valence-corrected chi connectivity index (χ3v) is 2.56. The van der Waals surface area contributed by atoms with Gasteiger partial charge in [-0.1, -0.05) is 13.8 Å². The fourth-order valence-electron chi connectivity index (χ4n) is 1.79. The summed E-state index contributed by atoms with van der Waals surface area (Å²) in [5, 5.41) is 3.27. The molecule has 2 rings (SSSR count). The van der Waals surface area contributed by atoms with Crippen LogP contribution in [0.25, 0.3) is 0 Å². The maximum atomic E-state index is 11.0. The van der Waals surface area contributed by atoms with E-state index in [9.17, 15) is 4.79 Å². The predicted octanol–water partition coefficient (Wildman–Crippen LogP) is 1.50. The normalized spacial score (nSPS) is 34.5. The number of hydrogen-bond donors (Lipinski definition) is 1. The molecule has 2 fully saturated rings. The molecule has 0 aromatic heterocycles. The van der Waals surface area contributed by atoms with Crippen molar-refractivity contribution >= 4 is 5.78 Å². The monoisotopic (exact) mass is 155 g/mol. The van der Waals surface area contributed by atoms with Crippen molar-refractivity contribution in [3.05, 3.63) is 0 Å². The molecule has 1 saturated carbocycles. The molecule has 0 aromatic carbocycles. The van der Waals surface area contributed by atoms with Gasteiger partial charge < -0.3 is 5.32 Å². The molecule has 0 bridgehead atoms. The molecule has 1 atom stereocenters. The van der Waals surface area contributed by atoms with Gasteiger partial charge in [-0.15, -0.1) is 0 Å². The Bertz CT molecular complexity index is 148. The van der Waals surface area contributed by atoms with Crippen LogP contribution in [0.2, 0.25) is 0 Å². The van der Waals surface area contributed by atoms with Crippen molar-refractivity contribution in [3.63, 3.8) is 0 Å². The number of carbonyl (C=O) groups is 1. The quantitative estimate of drug-likeness (QED) is 0.574. The molecule has 0 aromatic rings. The highest BCUT2D eigenvalue weighted by Gasteiger charge is 2.47. The third kappa shape index (κ3) is 1.32. The summed E-state index contributed by atoms with van der Waals surface area (Å²) in [5.41, 5.74) is -0.0139. The van der Waals surface area contributed by atoms with E-state index in [1.54, 1.807) is 0 Å². The minimum atomic E-state index is -0.0139. The van der Waals surface area contributed by atoms with Crippen LogP contribution < -0.4 is 5.32 Å². The van der Waals surface area contributed by atoms with Crippen molar-refractivity contribution in [1.82, 2.24) is 5.32 Å². The third-order valence-electron chi connectivity index (χ3n) is 2.56. The summed E-state index contributed by atoms with van der Waals surface area (Å²) in [6, 6.07) is 0. The molecule has 1 saturated heterocycles. The fourth-order valence-corrected chi connectivity index (χ4v) is 1.79. The van der Waals surface area contributed by atoms with E-state index < -0.39 is 0 Å². The highest BCUT2D eigenvalue weighted by molar-refractivity contribution is 5.94. The first-order valence-electron chi connectivity index (χ1n) is 4.62. The number of rotatable bonds is 0. The van der Waals surface area contributed by atoms with Crippen molar-refractivity contribution in [1.29, 1.82) is 0 Å². The van der Waals surface area contributed by atoms with Gasteiger partial charge >= 0.3 is 0 Å². The summed E-state index contributed by atoms with van der Waals surface area (Å²) < 4.78 is 0. The molecule has 0 radical (unpaired) electrons. The number of carbonyl (C=O) groups excluding carboxylic acids is 1. The lowest BCUT2D eigenvalue weighted by Crippen LogP contribution is -2.55. The fraction of sp³-hybridized carbons (Fsp3) is 0.889. The van der Waals surface area contributed by atoms with E-state index in [1.807, 2.05) is 13.8 Å². The van der Waals surface area contributed by atoms with Gasteiger partial charge in [0.05, 0.1) is 5.54 Å². The molecule has 64 valence electrons. The topological polar surface area (TPSA) is 29.1 Å². The Balaban J connectivity index is 0.000000281. The first-order chi connectivity index (χ1) is 5.33. The summed E-state index contributed by atoms with van der Waals surface area (Å²) in [4.78, 5) is 11.0. The van der Waals surface area contributed by atoms with Gasteiger partial charge in [-0.2, -0.15) is 0 Å². The molecule has 1 N–H and O–H groups in total. The molecule has 0 amide bonds. The second kappa shape index (κ2) is 3.35. The molecule has 1 unspecified atom stereocenters. The van der Waals surface area contributed by atoms with Crippen LogP contribution in [0.15, 0.2) is 0 Å². The SMILES string of the molecule is CC.O=C1CCC12CCCN2. The highest BCUT2D eigenvalue weighted by Crippen LogP contribution is 2.35. The Morgan fingerprint density at radius 2 is 2.09 bits per heavy atom. The van der Waals surface area contributed by atoms with Crippen molar-refractivity contribution < 1.29 is 4.79 Å². The summed E-state index contributed by atoms with van der Waals surface area (Å²) >= 11 is 0. The Morgan fingerprint density at radius 1 is 1.36 bits per heavy atom. The lowest BCUT2D eigenvalue weighted by atomic mass is 9.74. The molecular weight excluding hydrogens is 138 g/mol. The molecule has 1 heterocycles. The van der Waals surface area contributed by atoms with Gasteiger partial charge in [0.15, 0.2) is 5.78 Å². The van der Waals surface area contributed by atoms with Gasteiger partial charge in [0.25, 0.3) is 0 Å². The minimum absolute atomic E-state index is 0.0139. The van der Waals surface area contributed by atoms with Crippen LogP contribution in [-0.2, 0) is 4.79 Å². The van der Waals surface area contributed by atoms with Gasteiger partial charge in [0.2, 0.25) is 0 Å². The van der Waals surface area contributed by atoms with Crippen LogP contribution >= 0.6 is 0 Å². The Hall–Kier alpha value is -0.370. The lowest BCUT2D eigenvalue weighted by Gasteiger charge is -2.36. The van der Waals surface area contributed by atoms with Crippen molar-refractivity contribution in [3.8, 4) is 0 Å². The number of ketones is 1. The first-order valence-corrected chi connectivity index (χ1v) is 4.62. The van der Waals surface area contributed by atoms with Crippen LogP contribution in [0.4, 0.5) is 0 Å². The van der Waals surface area contributed by atoms with Gasteiger partial charge in [0, 0.05) is 6.42 Å². The summed E-state index contributed by atoms with van der Waals surface area (Å²) in [6.07, 6.45) is 4.18. The molecule has 2 aliphatic rings. The first kappa shape index (κ1) is 8.72. The predicted molar refractivity (Wildman–Crippen MR) is 45.6 cm³/mol. The van der Waals surface area contributed by atoms with E-state index in [-0.39, 0.29) is 5.54 Å². The van der Waals surface area contributed by atoms with E-state index in [1.165, 1.54) is 6.42 Å². The lowest BCUT2D eigenvalue weighted by molar-refractivity contribution is -0.132. The average molecular weight is 155 g/mol. The molecule has 11 heavy (non-hydrogen) atoms. The van der Waals surface area contributed by atoms with Crippen molar-refractivity contribution in [2.24, 2.45) is 0 Å². The van der Waals surface area contributed by atoms with Gasteiger partial charge in [-0.25, -0.2) is 0 Å². The molecule has 2 nitrogen and oxygen atoms in total. The molecule has 2 heteroatoms. The molecule has 1 aliphatic heterocycles. The second-order valence-corrected chi connectivity index (χ2v) is 3.04. The zero-order chi connectivity index (χ0) is 8.32. The Labute approximate surface area is 68.4 Å². The van der Waals surface area contributed by atoms with E-state index in [0.717, 1.165) is 25.8 Å². The number of hydrogen-bond acceptors (Lipinski definition) is 2. The van der Waals surface area contributed by atoms with Crippen LogP contribution in [0, 0.1) is 0 Å². The summed E-state index contributed by atoms with van der Waals surface area (Å²) in [7, 11) is 0. The highest BCUT2D eigenvalue weighted by atomic mass is 16.1. The molecular formula is C9H17NO. The van der Waals surface area contributed by atoms with E-state index in [2.05, 4.69) is 5.32 Å². The summed E-state index contributed by atoms with van der Waals surface area (Å²) in [5.74, 6) is 0.444. The van der Waals surface area contributed by atoms with Crippen LogP contribution in [0.5, 0.6) is 0 Å². The van der Waals surface area contributed by atoms with E-state index >= 15 is 0 Å². The summed E-state index contributed by atoms with van der Waals surface area (Å²) in [6.45, 7) is 5.05. The van der Waals surface area contributed by atoms with E-state index in [4.69, 9.17) is 0 Å². The maximum absolute atomic E-state index is 11.0. The average Bonchev–Trinajstić information content (AvgIpc) is 2.56. The molecule has 1 spiro atoms. The zero-order valence-corrected chi connectivity index (χ0v) is 7.44. The van der Waals surface area contributed by atoms with Gasteiger partial charge in [-0.05, 0) is 25.8 Å². The standard InChI is InChI=1S/C7H11NO.C2H6/c9-6-2-4-7(6)3-1-5-8-7;1-2/h8H,1-5H2;1-2H3. The second-order valence-electron chi connectivity index (χ2n) is 3.04. The number of Topliss-reactive ketones (excluding diaryl/α,β-unsaturated/α-hetero) is 1. The van der Waals surface area contributed by atoms with Crippen LogP contribution in [-0.4, -0.2) is 17.9 Å². The number of nitrogens with one attached hydrogen (secondary N) is 1. The van der Waals surface area contributed by atoms with Crippen molar-refractivity contribution in [2.75, 3.05) is 6.54 Å². The Morgan fingerprint density at radius 3 is 2.27 bits per heavy atom. The van der Waals surface area contributed by atoms with E-state index in [0.29, 0.717) is 5.78 Å². The zero-order valence-electron chi connectivity index (χ0n) is 7.44. The minimum Gasteiger partial charge on any atom is -0.305 e. The largest absolute Gasteiger partial charge is 0.305 e. The smallest absolute Gasteiger partial charge is 0.152 e. The van der Waals surface area contributed by atoms with Crippen LogP contribution in [0.3, 0.4) is 0 Å². The van der Waals surface area contributed by atoms with Crippen LogP contribution in [0.1, 0.15) is 39.5 Å². The van der Waals surface area contributed by atoms with Crippen molar-refractivity contribution in [2.45, 2.75) is 45.1 Å². The van der Waals surface area contributed by atoms with Gasteiger partial charge in [0.1, 0.15) is 0 Å².